The minimum atomic E-state index is 1.06. The summed E-state index contributed by atoms with van der Waals surface area (Å²) in [5.74, 6) is 0. The largest absolute Gasteiger partial charge is 0.303 e. The highest BCUT2D eigenvalue weighted by atomic mass is 79.9. The van der Waals surface area contributed by atoms with Crippen molar-refractivity contribution in [2.24, 2.45) is 0 Å². The van der Waals surface area contributed by atoms with Crippen molar-refractivity contribution in [3.05, 3.63) is 28.5 Å². The zero-order valence-electron chi connectivity index (χ0n) is 8.95. The lowest BCUT2D eigenvalue weighted by Crippen LogP contribution is -2.31. The number of piperidine rings is 1. The van der Waals surface area contributed by atoms with E-state index in [1.807, 2.05) is 12.3 Å². The Morgan fingerprint density at radius 2 is 2.07 bits per heavy atom. The third-order valence-corrected chi connectivity index (χ3v) is 3.67. The molecule has 1 aliphatic heterocycles. The van der Waals surface area contributed by atoms with E-state index in [2.05, 4.69) is 31.9 Å². The summed E-state index contributed by atoms with van der Waals surface area (Å²) < 4.78 is 1.14. The highest BCUT2D eigenvalue weighted by Crippen LogP contribution is 2.15. The molecule has 0 amide bonds. The van der Waals surface area contributed by atoms with Gasteiger partial charge in [-0.3, -0.25) is 4.98 Å². The van der Waals surface area contributed by atoms with Gasteiger partial charge in [-0.1, -0.05) is 6.42 Å². The quantitative estimate of drug-likeness (QED) is 0.838. The van der Waals surface area contributed by atoms with E-state index < -0.39 is 0 Å². The Morgan fingerprint density at radius 3 is 2.80 bits per heavy atom. The summed E-state index contributed by atoms with van der Waals surface area (Å²) in [5.41, 5.74) is 1.18. The van der Waals surface area contributed by atoms with Gasteiger partial charge in [-0.25, -0.2) is 0 Å². The van der Waals surface area contributed by atoms with Crippen LogP contribution in [-0.4, -0.2) is 29.5 Å². The summed E-state index contributed by atoms with van der Waals surface area (Å²) in [4.78, 5) is 6.94. The first kappa shape index (κ1) is 11.1. The van der Waals surface area contributed by atoms with Gasteiger partial charge in [0.05, 0.1) is 5.69 Å². The van der Waals surface area contributed by atoms with E-state index in [9.17, 15) is 0 Å². The molecular formula is C12H17BrN2. The second-order valence-electron chi connectivity index (χ2n) is 4.08. The van der Waals surface area contributed by atoms with Gasteiger partial charge in [0, 0.05) is 23.6 Å². The maximum Gasteiger partial charge on any atom is 0.0558 e. The van der Waals surface area contributed by atoms with Crippen molar-refractivity contribution >= 4 is 15.9 Å². The molecule has 0 N–H and O–H groups in total. The molecule has 15 heavy (non-hydrogen) atoms. The Bertz CT molecular complexity index is 308. The molecule has 2 heterocycles. The van der Waals surface area contributed by atoms with Crippen LogP contribution in [0.3, 0.4) is 0 Å². The molecule has 1 fully saturated rings. The molecule has 2 nitrogen and oxygen atoms in total. The van der Waals surface area contributed by atoms with E-state index >= 15 is 0 Å². The van der Waals surface area contributed by atoms with Crippen LogP contribution in [0.15, 0.2) is 22.8 Å². The van der Waals surface area contributed by atoms with E-state index in [0.717, 1.165) is 17.4 Å². The number of likely N-dealkylation sites (tertiary alicyclic amines) is 1. The fourth-order valence-corrected chi connectivity index (χ4v) is 2.50. The minimum Gasteiger partial charge on any atom is -0.303 e. The Balaban J connectivity index is 1.84. The Labute approximate surface area is 99.8 Å². The van der Waals surface area contributed by atoms with E-state index in [-0.39, 0.29) is 0 Å². The molecule has 82 valence electrons. The number of halogens is 1. The molecule has 0 unspecified atom stereocenters. The van der Waals surface area contributed by atoms with Gasteiger partial charge in [0.15, 0.2) is 0 Å². The summed E-state index contributed by atoms with van der Waals surface area (Å²) in [7, 11) is 0. The summed E-state index contributed by atoms with van der Waals surface area (Å²) in [6, 6.07) is 4.03. The van der Waals surface area contributed by atoms with Crippen molar-refractivity contribution in [3.8, 4) is 0 Å². The van der Waals surface area contributed by atoms with Crippen LogP contribution < -0.4 is 0 Å². The van der Waals surface area contributed by atoms with Crippen LogP contribution in [0.5, 0.6) is 0 Å². The van der Waals surface area contributed by atoms with Gasteiger partial charge in [0.25, 0.3) is 0 Å². The molecule has 2 rings (SSSR count). The van der Waals surface area contributed by atoms with Crippen molar-refractivity contribution < 1.29 is 0 Å². The number of pyridine rings is 1. The number of nitrogens with zero attached hydrogens (tertiary/aromatic N) is 2. The molecule has 0 aromatic carbocycles. The Kier molecular flexibility index (Phi) is 4.15. The monoisotopic (exact) mass is 268 g/mol. The highest BCUT2D eigenvalue weighted by Gasteiger charge is 2.10. The molecule has 0 aliphatic carbocycles. The summed E-state index contributed by atoms with van der Waals surface area (Å²) in [5, 5.41) is 0. The van der Waals surface area contributed by atoms with Crippen molar-refractivity contribution in [2.45, 2.75) is 25.7 Å². The van der Waals surface area contributed by atoms with Crippen LogP contribution >= 0.6 is 15.9 Å². The molecule has 0 spiro atoms. The SMILES string of the molecule is Brc1cccnc1CCN1CCCCC1. The predicted molar refractivity (Wildman–Crippen MR) is 65.9 cm³/mol. The van der Waals surface area contributed by atoms with E-state index in [1.54, 1.807) is 0 Å². The molecule has 0 radical (unpaired) electrons. The second kappa shape index (κ2) is 5.61. The summed E-state index contributed by atoms with van der Waals surface area (Å²) in [6.07, 6.45) is 7.06. The van der Waals surface area contributed by atoms with Gasteiger partial charge in [0.2, 0.25) is 0 Å². The molecule has 0 saturated carbocycles. The van der Waals surface area contributed by atoms with Crippen LogP contribution in [0.2, 0.25) is 0 Å². The Morgan fingerprint density at radius 1 is 1.27 bits per heavy atom. The maximum absolute atomic E-state index is 4.39. The average Bonchev–Trinajstić information content (AvgIpc) is 2.29. The van der Waals surface area contributed by atoms with E-state index in [0.29, 0.717) is 0 Å². The Hall–Kier alpha value is -0.410. The predicted octanol–water partition coefficient (Wildman–Crippen LogP) is 2.87. The third kappa shape index (κ3) is 3.28. The summed E-state index contributed by atoms with van der Waals surface area (Å²) in [6.45, 7) is 3.69. The van der Waals surface area contributed by atoms with Crippen LogP contribution in [0.1, 0.15) is 25.0 Å². The zero-order chi connectivity index (χ0) is 10.5. The molecule has 1 aliphatic rings. The normalized spacial score (nSPS) is 17.9. The maximum atomic E-state index is 4.39. The van der Waals surface area contributed by atoms with Crippen LogP contribution in [-0.2, 0) is 6.42 Å². The first-order valence-corrected chi connectivity index (χ1v) is 6.47. The topological polar surface area (TPSA) is 16.1 Å². The van der Waals surface area contributed by atoms with Crippen molar-refractivity contribution in [1.29, 1.82) is 0 Å². The second-order valence-corrected chi connectivity index (χ2v) is 4.94. The van der Waals surface area contributed by atoms with Crippen LogP contribution in [0, 0.1) is 0 Å². The highest BCUT2D eigenvalue weighted by molar-refractivity contribution is 9.10. The van der Waals surface area contributed by atoms with E-state index in [4.69, 9.17) is 0 Å². The first-order chi connectivity index (χ1) is 7.36. The molecular weight excluding hydrogens is 252 g/mol. The van der Waals surface area contributed by atoms with Gasteiger partial charge < -0.3 is 4.90 Å². The third-order valence-electron chi connectivity index (χ3n) is 2.95. The number of hydrogen-bond acceptors (Lipinski definition) is 2. The zero-order valence-corrected chi connectivity index (χ0v) is 10.5. The van der Waals surface area contributed by atoms with Gasteiger partial charge in [-0.15, -0.1) is 0 Å². The number of hydrogen-bond donors (Lipinski definition) is 0. The van der Waals surface area contributed by atoms with Crippen molar-refractivity contribution in [3.63, 3.8) is 0 Å². The summed E-state index contributed by atoms with van der Waals surface area (Å²) >= 11 is 3.54. The van der Waals surface area contributed by atoms with Crippen LogP contribution in [0.4, 0.5) is 0 Å². The fourth-order valence-electron chi connectivity index (χ4n) is 2.05. The fraction of sp³-hybridized carbons (Fsp3) is 0.583. The lowest BCUT2D eigenvalue weighted by atomic mass is 10.1. The molecule has 1 aromatic rings. The molecule has 0 bridgehead atoms. The molecule has 0 atom stereocenters. The van der Waals surface area contributed by atoms with Gasteiger partial charge in [0.1, 0.15) is 0 Å². The minimum absolute atomic E-state index is 1.06. The molecule has 3 heteroatoms. The first-order valence-electron chi connectivity index (χ1n) is 5.68. The number of rotatable bonds is 3. The van der Waals surface area contributed by atoms with Gasteiger partial charge in [-0.2, -0.15) is 0 Å². The lowest BCUT2D eigenvalue weighted by Gasteiger charge is -2.26. The van der Waals surface area contributed by atoms with Gasteiger partial charge in [-0.05, 0) is 54.0 Å². The smallest absolute Gasteiger partial charge is 0.0558 e. The van der Waals surface area contributed by atoms with Crippen molar-refractivity contribution in [2.75, 3.05) is 19.6 Å². The van der Waals surface area contributed by atoms with E-state index in [1.165, 1.54) is 38.0 Å². The van der Waals surface area contributed by atoms with Gasteiger partial charge >= 0.3 is 0 Å². The average molecular weight is 269 g/mol. The molecule has 1 aromatic heterocycles. The molecule has 1 saturated heterocycles. The van der Waals surface area contributed by atoms with Crippen molar-refractivity contribution in [1.82, 2.24) is 9.88 Å². The standard InChI is InChI=1S/C12H17BrN2/c13-11-5-4-7-14-12(11)6-10-15-8-2-1-3-9-15/h4-5,7H,1-3,6,8-10H2. The lowest BCUT2D eigenvalue weighted by molar-refractivity contribution is 0.231. The number of aromatic nitrogens is 1. The van der Waals surface area contributed by atoms with Crippen LogP contribution in [0.25, 0.3) is 0 Å².